The lowest BCUT2D eigenvalue weighted by Gasteiger charge is -2.19. The number of carbonyl (C=O) groups is 3. The lowest BCUT2D eigenvalue weighted by atomic mass is 9.99. The molecule has 2 saturated heterocycles. The number of benzene rings is 2. The van der Waals surface area contributed by atoms with Gasteiger partial charge >= 0.3 is 6.03 Å². The Morgan fingerprint density at radius 3 is 2.64 bits per heavy atom. The highest BCUT2D eigenvalue weighted by atomic mass is 32.2. The van der Waals surface area contributed by atoms with E-state index in [1.165, 1.54) is 0 Å². The molecule has 2 aliphatic heterocycles. The molecule has 7 nitrogen and oxygen atoms in total. The molecule has 144 valence electrons. The van der Waals surface area contributed by atoms with Crippen LogP contribution < -0.4 is 15.4 Å². The molecule has 2 aromatic carbocycles. The zero-order valence-electron chi connectivity index (χ0n) is 15.0. The van der Waals surface area contributed by atoms with Gasteiger partial charge in [-0.1, -0.05) is 30.3 Å². The molecule has 0 aromatic heterocycles. The lowest BCUT2D eigenvalue weighted by Crippen LogP contribution is -2.47. The van der Waals surface area contributed by atoms with E-state index in [1.54, 1.807) is 36.0 Å². The summed E-state index contributed by atoms with van der Waals surface area (Å²) in [7, 11) is 0. The third-order valence-corrected chi connectivity index (χ3v) is 5.89. The first-order valence-corrected chi connectivity index (χ1v) is 10.1. The normalized spacial score (nSPS) is 21.1. The van der Waals surface area contributed by atoms with Crippen molar-refractivity contribution in [1.29, 1.82) is 0 Å². The van der Waals surface area contributed by atoms with E-state index in [0.29, 0.717) is 29.4 Å². The third kappa shape index (κ3) is 3.55. The van der Waals surface area contributed by atoms with Crippen LogP contribution in [0.5, 0.6) is 11.5 Å². The summed E-state index contributed by atoms with van der Waals surface area (Å²) >= 11 is 1.62. The molecule has 4 rings (SSSR count). The summed E-state index contributed by atoms with van der Waals surface area (Å²) < 4.78 is 5.82. The van der Waals surface area contributed by atoms with Gasteiger partial charge in [-0.25, -0.2) is 4.79 Å². The van der Waals surface area contributed by atoms with Crippen LogP contribution in [0.1, 0.15) is 6.42 Å². The van der Waals surface area contributed by atoms with Crippen molar-refractivity contribution in [2.45, 2.75) is 12.0 Å². The van der Waals surface area contributed by atoms with Gasteiger partial charge in [0.15, 0.2) is 5.75 Å². The highest BCUT2D eigenvalue weighted by Crippen LogP contribution is 2.33. The van der Waals surface area contributed by atoms with Gasteiger partial charge in [0.2, 0.25) is 5.91 Å². The zero-order valence-corrected chi connectivity index (χ0v) is 15.8. The molecule has 1 spiro atoms. The van der Waals surface area contributed by atoms with Crippen LogP contribution in [0.4, 0.5) is 10.5 Å². The molecule has 1 atom stereocenters. The fourth-order valence-electron chi connectivity index (χ4n) is 3.26. The van der Waals surface area contributed by atoms with Gasteiger partial charge in [0.05, 0.1) is 5.69 Å². The van der Waals surface area contributed by atoms with Crippen LogP contribution >= 0.6 is 11.8 Å². The van der Waals surface area contributed by atoms with E-state index < -0.39 is 17.5 Å². The first-order chi connectivity index (χ1) is 13.6. The van der Waals surface area contributed by atoms with Gasteiger partial charge in [0.1, 0.15) is 17.8 Å². The minimum atomic E-state index is -0.851. The number of nitrogens with one attached hydrogen (secondary N) is 2. The van der Waals surface area contributed by atoms with Crippen molar-refractivity contribution in [2.75, 3.05) is 23.4 Å². The quantitative estimate of drug-likeness (QED) is 0.758. The number of anilines is 1. The van der Waals surface area contributed by atoms with Crippen molar-refractivity contribution >= 4 is 35.3 Å². The standard InChI is InChI=1S/C20H19N3O4S/c24-17(12-23-18(25)20(22-19(23)26)10-11-28-13-20)21-15-8-4-5-9-16(15)27-14-6-2-1-3-7-14/h1-9H,10-13H2,(H,21,24)(H,22,26). The monoisotopic (exact) mass is 397 g/mol. The predicted molar refractivity (Wildman–Crippen MR) is 107 cm³/mol. The number of rotatable bonds is 5. The van der Waals surface area contributed by atoms with E-state index >= 15 is 0 Å². The van der Waals surface area contributed by atoms with Crippen LogP contribution in [0, 0.1) is 0 Å². The summed E-state index contributed by atoms with van der Waals surface area (Å²) in [5, 5.41) is 5.49. The van der Waals surface area contributed by atoms with Crippen molar-refractivity contribution in [3.63, 3.8) is 0 Å². The fraction of sp³-hybridized carbons (Fsp3) is 0.250. The summed E-state index contributed by atoms with van der Waals surface area (Å²) in [6, 6.07) is 15.7. The summed E-state index contributed by atoms with van der Waals surface area (Å²) in [6.45, 7) is -0.337. The highest BCUT2D eigenvalue weighted by molar-refractivity contribution is 7.99. The molecule has 2 aliphatic rings. The molecule has 2 fully saturated rings. The number of amides is 4. The third-order valence-electron chi connectivity index (χ3n) is 4.70. The second-order valence-corrected chi connectivity index (χ2v) is 7.77. The van der Waals surface area contributed by atoms with Gasteiger partial charge in [0.25, 0.3) is 5.91 Å². The van der Waals surface area contributed by atoms with E-state index in [1.807, 2.05) is 30.3 Å². The summed E-state index contributed by atoms with van der Waals surface area (Å²) in [5.74, 6) is 1.68. The number of hydrogen-bond acceptors (Lipinski definition) is 5. The van der Waals surface area contributed by atoms with Crippen molar-refractivity contribution in [3.8, 4) is 11.5 Å². The number of hydrogen-bond donors (Lipinski definition) is 2. The van der Waals surface area contributed by atoms with Crippen molar-refractivity contribution in [1.82, 2.24) is 10.2 Å². The SMILES string of the molecule is O=C(CN1C(=O)NC2(CCSC2)C1=O)Nc1ccccc1Oc1ccccc1. The highest BCUT2D eigenvalue weighted by Gasteiger charge is 2.53. The Morgan fingerprint density at radius 1 is 1.14 bits per heavy atom. The number of ether oxygens (including phenoxy) is 1. The van der Waals surface area contributed by atoms with E-state index in [4.69, 9.17) is 4.74 Å². The topological polar surface area (TPSA) is 87.7 Å². The molecule has 4 amide bonds. The van der Waals surface area contributed by atoms with Crippen molar-refractivity contribution in [2.24, 2.45) is 0 Å². The van der Waals surface area contributed by atoms with Gasteiger partial charge in [-0.3, -0.25) is 14.5 Å². The second-order valence-electron chi connectivity index (χ2n) is 6.67. The molecule has 0 radical (unpaired) electrons. The minimum absolute atomic E-state index is 0.327. The van der Waals surface area contributed by atoms with Crippen LogP contribution in [-0.2, 0) is 9.59 Å². The Labute approximate surface area is 166 Å². The number of nitrogens with zero attached hydrogens (tertiary/aromatic N) is 1. The lowest BCUT2D eigenvalue weighted by molar-refractivity contribution is -0.133. The minimum Gasteiger partial charge on any atom is -0.455 e. The molecular formula is C20H19N3O4S. The fourth-order valence-corrected chi connectivity index (χ4v) is 4.59. The van der Waals surface area contributed by atoms with Gasteiger partial charge in [-0.15, -0.1) is 0 Å². The first-order valence-electron chi connectivity index (χ1n) is 8.91. The summed E-state index contributed by atoms with van der Waals surface area (Å²) in [5.41, 5.74) is -0.384. The Morgan fingerprint density at radius 2 is 1.89 bits per heavy atom. The molecule has 0 aliphatic carbocycles. The maximum atomic E-state index is 12.7. The van der Waals surface area contributed by atoms with Gasteiger partial charge in [-0.2, -0.15) is 11.8 Å². The maximum Gasteiger partial charge on any atom is 0.325 e. The Kier molecular flexibility index (Phi) is 4.95. The van der Waals surface area contributed by atoms with E-state index in [-0.39, 0.29) is 12.5 Å². The number of imide groups is 1. The van der Waals surface area contributed by atoms with E-state index in [2.05, 4.69) is 10.6 Å². The predicted octanol–water partition coefficient (Wildman–Crippen LogP) is 2.84. The average Bonchev–Trinajstić information content (AvgIpc) is 3.25. The number of thioether (sulfide) groups is 1. The molecular weight excluding hydrogens is 378 g/mol. The van der Waals surface area contributed by atoms with E-state index in [0.717, 1.165) is 10.7 Å². The molecule has 0 bridgehead atoms. The summed E-state index contributed by atoms with van der Waals surface area (Å²) in [6.07, 6.45) is 0.591. The number of carbonyl (C=O) groups excluding carboxylic acids is 3. The molecule has 2 N–H and O–H groups in total. The molecule has 1 unspecified atom stereocenters. The first kappa shape index (κ1) is 18.4. The Hall–Kier alpha value is -3.00. The second kappa shape index (κ2) is 7.55. The van der Waals surface area contributed by atoms with Gasteiger partial charge in [-0.05, 0) is 36.4 Å². The molecule has 0 saturated carbocycles. The smallest absolute Gasteiger partial charge is 0.325 e. The van der Waals surface area contributed by atoms with Crippen molar-refractivity contribution in [3.05, 3.63) is 54.6 Å². The van der Waals surface area contributed by atoms with Gasteiger partial charge in [0, 0.05) is 5.75 Å². The molecule has 2 aromatic rings. The molecule has 2 heterocycles. The van der Waals surface area contributed by atoms with Crippen LogP contribution in [0.15, 0.2) is 54.6 Å². The zero-order chi connectivity index (χ0) is 19.6. The molecule has 8 heteroatoms. The van der Waals surface area contributed by atoms with Crippen LogP contribution in [-0.4, -0.2) is 46.3 Å². The number of para-hydroxylation sites is 3. The molecule has 28 heavy (non-hydrogen) atoms. The van der Waals surface area contributed by atoms with Crippen molar-refractivity contribution < 1.29 is 19.1 Å². The van der Waals surface area contributed by atoms with Crippen LogP contribution in [0.2, 0.25) is 0 Å². The number of urea groups is 1. The summed E-state index contributed by atoms with van der Waals surface area (Å²) in [4.78, 5) is 38.4. The van der Waals surface area contributed by atoms with Gasteiger partial charge < -0.3 is 15.4 Å². The largest absolute Gasteiger partial charge is 0.455 e. The Balaban J connectivity index is 1.45. The Bertz CT molecular complexity index is 913. The van der Waals surface area contributed by atoms with Crippen LogP contribution in [0.25, 0.3) is 0 Å². The van der Waals surface area contributed by atoms with Crippen LogP contribution in [0.3, 0.4) is 0 Å². The average molecular weight is 397 g/mol. The van der Waals surface area contributed by atoms with E-state index in [9.17, 15) is 14.4 Å². The maximum absolute atomic E-state index is 12.7.